The Morgan fingerprint density at radius 1 is 1.29 bits per heavy atom. The molecule has 14 heavy (non-hydrogen) atoms. The van der Waals surface area contributed by atoms with Gasteiger partial charge < -0.3 is 14.8 Å². The van der Waals surface area contributed by atoms with E-state index in [4.69, 9.17) is 9.47 Å². The van der Waals surface area contributed by atoms with Crippen LogP contribution in [0.3, 0.4) is 0 Å². The van der Waals surface area contributed by atoms with Gasteiger partial charge in [0, 0.05) is 31.9 Å². The van der Waals surface area contributed by atoms with Crippen LogP contribution in [0.1, 0.15) is 32.6 Å². The van der Waals surface area contributed by atoms with E-state index >= 15 is 0 Å². The largest absolute Gasteiger partial charge is 0.381 e. The highest BCUT2D eigenvalue weighted by molar-refractivity contribution is 4.86. The summed E-state index contributed by atoms with van der Waals surface area (Å²) >= 11 is 0. The minimum Gasteiger partial charge on any atom is -0.381 e. The molecular weight excluding hydrogens is 178 g/mol. The van der Waals surface area contributed by atoms with Gasteiger partial charge in [0.1, 0.15) is 0 Å². The SMILES string of the molecule is CC1(NCC2CCCO2)CCOCC1. The molecule has 0 spiro atoms. The Balaban J connectivity index is 1.72. The fourth-order valence-corrected chi connectivity index (χ4v) is 2.16. The van der Waals surface area contributed by atoms with Crippen LogP contribution in [-0.2, 0) is 9.47 Å². The van der Waals surface area contributed by atoms with Crippen molar-refractivity contribution in [2.45, 2.75) is 44.2 Å². The predicted octanol–water partition coefficient (Wildman–Crippen LogP) is 1.32. The lowest BCUT2D eigenvalue weighted by Gasteiger charge is -2.35. The smallest absolute Gasteiger partial charge is 0.0700 e. The fourth-order valence-electron chi connectivity index (χ4n) is 2.16. The first kappa shape index (κ1) is 10.4. The molecule has 82 valence electrons. The Kier molecular flexibility index (Phi) is 3.42. The zero-order valence-electron chi connectivity index (χ0n) is 9.05. The van der Waals surface area contributed by atoms with Gasteiger partial charge in [-0.3, -0.25) is 0 Å². The van der Waals surface area contributed by atoms with E-state index < -0.39 is 0 Å². The molecular formula is C11H21NO2. The molecule has 2 aliphatic heterocycles. The maximum absolute atomic E-state index is 5.60. The summed E-state index contributed by atoms with van der Waals surface area (Å²) in [5.74, 6) is 0. The molecule has 2 saturated heterocycles. The van der Waals surface area contributed by atoms with Crippen LogP contribution >= 0.6 is 0 Å². The van der Waals surface area contributed by atoms with E-state index in [-0.39, 0.29) is 5.54 Å². The van der Waals surface area contributed by atoms with Gasteiger partial charge in [-0.2, -0.15) is 0 Å². The Morgan fingerprint density at radius 2 is 2.07 bits per heavy atom. The fraction of sp³-hybridized carbons (Fsp3) is 1.00. The van der Waals surface area contributed by atoms with Crippen LogP contribution in [0.4, 0.5) is 0 Å². The van der Waals surface area contributed by atoms with E-state index in [1.807, 2.05) is 0 Å². The third-order valence-corrected chi connectivity index (χ3v) is 3.38. The quantitative estimate of drug-likeness (QED) is 0.743. The lowest BCUT2D eigenvalue weighted by molar-refractivity contribution is 0.0354. The second-order valence-electron chi connectivity index (χ2n) is 4.69. The molecule has 1 atom stereocenters. The molecule has 0 amide bonds. The molecule has 0 saturated carbocycles. The molecule has 2 heterocycles. The second-order valence-corrected chi connectivity index (χ2v) is 4.69. The highest BCUT2D eigenvalue weighted by Gasteiger charge is 2.28. The van der Waals surface area contributed by atoms with Gasteiger partial charge >= 0.3 is 0 Å². The summed E-state index contributed by atoms with van der Waals surface area (Å²) in [6.07, 6.45) is 5.15. The van der Waals surface area contributed by atoms with Crippen molar-refractivity contribution in [2.24, 2.45) is 0 Å². The third-order valence-electron chi connectivity index (χ3n) is 3.38. The molecule has 2 fully saturated rings. The number of ether oxygens (including phenoxy) is 2. The topological polar surface area (TPSA) is 30.5 Å². The number of hydrogen-bond acceptors (Lipinski definition) is 3. The van der Waals surface area contributed by atoms with Crippen LogP contribution in [0.25, 0.3) is 0 Å². The van der Waals surface area contributed by atoms with E-state index in [9.17, 15) is 0 Å². The molecule has 0 bridgehead atoms. The summed E-state index contributed by atoms with van der Waals surface area (Å²) in [5.41, 5.74) is 0.282. The minimum absolute atomic E-state index is 0.282. The van der Waals surface area contributed by atoms with Crippen molar-refractivity contribution in [2.75, 3.05) is 26.4 Å². The molecule has 0 aromatic heterocycles. The minimum atomic E-state index is 0.282. The van der Waals surface area contributed by atoms with Gasteiger partial charge in [0.05, 0.1) is 6.10 Å². The van der Waals surface area contributed by atoms with Gasteiger partial charge in [-0.1, -0.05) is 0 Å². The first-order valence-electron chi connectivity index (χ1n) is 5.73. The van der Waals surface area contributed by atoms with Crippen molar-refractivity contribution in [3.05, 3.63) is 0 Å². The van der Waals surface area contributed by atoms with Gasteiger partial charge in [0.25, 0.3) is 0 Å². The van der Waals surface area contributed by atoms with Crippen molar-refractivity contribution in [3.8, 4) is 0 Å². The van der Waals surface area contributed by atoms with Crippen LogP contribution in [0.2, 0.25) is 0 Å². The lowest BCUT2D eigenvalue weighted by atomic mass is 9.92. The monoisotopic (exact) mass is 199 g/mol. The summed E-state index contributed by atoms with van der Waals surface area (Å²) in [5, 5.41) is 3.63. The Labute approximate surface area is 86.2 Å². The first-order valence-corrected chi connectivity index (χ1v) is 5.73. The van der Waals surface area contributed by atoms with Crippen molar-refractivity contribution in [3.63, 3.8) is 0 Å². The highest BCUT2D eigenvalue weighted by atomic mass is 16.5. The van der Waals surface area contributed by atoms with Crippen LogP contribution in [0, 0.1) is 0 Å². The molecule has 3 nitrogen and oxygen atoms in total. The molecule has 0 aliphatic carbocycles. The lowest BCUT2D eigenvalue weighted by Crippen LogP contribution is -2.49. The third kappa shape index (κ3) is 2.69. The van der Waals surface area contributed by atoms with Gasteiger partial charge in [0.15, 0.2) is 0 Å². The predicted molar refractivity (Wildman–Crippen MR) is 55.4 cm³/mol. The van der Waals surface area contributed by atoms with Crippen molar-refractivity contribution in [1.82, 2.24) is 5.32 Å². The number of hydrogen-bond donors (Lipinski definition) is 1. The Hall–Kier alpha value is -0.120. The highest BCUT2D eigenvalue weighted by Crippen LogP contribution is 2.20. The van der Waals surface area contributed by atoms with E-state index in [0.717, 1.165) is 39.2 Å². The van der Waals surface area contributed by atoms with Gasteiger partial charge in [-0.05, 0) is 32.6 Å². The summed E-state index contributed by atoms with van der Waals surface area (Å²) in [7, 11) is 0. The second kappa shape index (κ2) is 4.60. The maximum Gasteiger partial charge on any atom is 0.0700 e. The average Bonchev–Trinajstić information content (AvgIpc) is 2.69. The normalized spacial score (nSPS) is 31.9. The van der Waals surface area contributed by atoms with Crippen LogP contribution in [-0.4, -0.2) is 38.0 Å². The first-order chi connectivity index (χ1) is 6.79. The van der Waals surface area contributed by atoms with Crippen LogP contribution in [0.5, 0.6) is 0 Å². The van der Waals surface area contributed by atoms with E-state index in [1.54, 1.807) is 0 Å². The Bertz CT molecular complexity index is 172. The summed E-state index contributed by atoms with van der Waals surface area (Å²) < 4.78 is 11.0. The molecule has 0 aromatic rings. The molecule has 1 unspecified atom stereocenters. The summed E-state index contributed by atoms with van der Waals surface area (Å²) in [6, 6.07) is 0. The van der Waals surface area contributed by atoms with Gasteiger partial charge in [-0.25, -0.2) is 0 Å². The van der Waals surface area contributed by atoms with E-state index in [2.05, 4.69) is 12.2 Å². The number of rotatable bonds is 3. The van der Waals surface area contributed by atoms with Crippen molar-refractivity contribution in [1.29, 1.82) is 0 Å². The van der Waals surface area contributed by atoms with Crippen molar-refractivity contribution < 1.29 is 9.47 Å². The van der Waals surface area contributed by atoms with Gasteiger partial charge in [0.2, 0.25) is 0 Å². The van der Waals surface area contributed by atoms with Crippen molar-refractivity contribution >= 4 is 0 Å². The van der Waals surface area contributed by atoms with Crippen LogP contribution < -0.4 is 5.32 Å². The average molecular weight is 199 g/mol. The number of nitrogens with one attached hydrogen (secondary N) is 1. The van der Waals surface area contributed by atoms with E-state index in [1.165, 1.54) is 12.8 Å². The van der Waals surface area contributed by atoms with Gasteiger partial charge in [-0.15, -0.1) is 0 Å². The van der Waals surface area contributed by atoms with E-state index in [0.29, 0.717) is 6.10 Å². The molecule has 1 N–H and O–H groups in total. The molecule has 3 heteroatoms. The molecule has 0 radical (unpaired) electrons. The molecule has 0 aromatic carbocycles. The zero-order valence-corrected chi connectivity index (χ0v) is 9.05. The Morgan fingerprint density at radius 3 is 2.71 bits per heavy atom. The molecule has 2 rings (SSSR count). The zero-order chi connectivity index (χ0) is 9.86. The van der Waals surface area contributed by atoms with Crippen LogP contribution in [0.15, 0.2) is 0 Å². The standard InChI is InChI=1S/C11H21NO2/c1-11(4-7-13-8-5-11)12-9-10-3-2-6-14-10/h10,12H,2-9H2,1H3. The molecule has 2 aliphatic rings. The summed E-state index contributed by atoms with van der Waals surface area (Å²) in [6.45, 7) is 6.05. The maximum atomic E-state index is 5.60. The summed E-state index contributed by atoms with van der Waals surface area (Å²) in [4.78, 5) is 0.